The molecule has 0 radical (unpaired) electrons. The van der Waals surface area contributed by atoms with Crippen LogP contribution in [0.4, 0.5) is 0 Å². The normalized spacial score (nSPS) is 12.4. The Balaban J connectivity index is 0.000000825. The molecule has 0 saturated carbocycles. The van der Waals surface area contributed by atoms with Gasteiger partial charge in [-0.15, -0.1) is 0 Å². The van der Waals surface area contributed by atoms with Crippen molar-refractivity contribution >= 4 is 94.1 Å². The first-order valence-electron chi connectivity index (χ1n) is 57.4. The number of rotatable bonds is 72. The summed E-state index contributed by atoms with van der Waals surface area (Å²) in [6, 6.07) is 86.4. The Hall–Kier alpha value is -3.76. The van der Waals surface area contributed by atoms with Gasteiger partial charge < -0.3 is 35.9 Å². The van der Waals surface area contributed by atoms with Crippen LogP contribution in [0, 0.1) is 0 Å². The predicted molar refractivity (Wildman–Crippen MR) is 673 cm³/mol. The lowest BCUT2D eigenvalue weighted by atomic mass is 10.2. The molecule has 0 bridgehead atoms. The molecule has 0 N–H and O–H groups in total. The highest BCUT2D eigenvalue weighted by atomic mass is 32.2. The molecule has 0 aromatic heterocycles. The summed E-state index contributed by atoms with van der Waals surface area (Å²) in [7, 11) is 13.5. The zero-order valence-corrected chi connectivity index (χ0v) is 104. The molecule has 0 amide bonds. The van der Waals surface area contributed by atoms with E-state index in [1.54, 1.807) is 0 Å². The monoisotopic (exact) mass is 2130 g/mol. The minimum Gasteiger partial charge on any atom is -0.330 e. The number of quaternary nitrogens is 8. The Labute approximate surface area is 928 Å². The molecule has 16 heteroatoms. The summed E-state index contributed by atoms with van der Waals surface area (Å²) in [5.41, 5.74) is 11.6. The Morgan fingerprint density at radius 1 is 0.146 bits per heavy atom. The molecule has 2 unspecified atom stereocenters. The maximum atomic E-state index is 2.37. The van der Waals surface area contributed by atoms with Crippen LogP contribution in [-0.2, 0) is 48.7 Å². The van der Waals surface area contributed by atoms with Crippen LogP contribution >= 0.6 is 94.1 Å². The molecule has 0 fully saturated rings. The summed E-state index contributed by atoms with van der Waals surface area (Å²) in [5, 5.41) is 0. The van der Waals surface area contributed by atoms with E-state index in [4.69, 9.17) is 0 Å². The molecule has 2 atom stereocenters. The fraction of sp³-hybridized carbons (Fsp3) is 0.625. The van der Waals surface area contributed by atoms with Gasteiger partial charge in [0.25, 0.3) is 0 Å². The van der Waals surface area contributed by atoms with E-state index in [1.807, 2.05) is 11.8 Å². The fourth-order valence-corrected chi connectivity index (χ4v) is 27.5. The standard InChI is InChI=1S/C19H34NS.2C18H32NS.C17H30NS.C16H28NS.C15H26NS.C13H22NS.C12H20NS/c1-4-7-15-20(6-3,14-5-2)16-18-21-17-13-19-11-9-8-10-12-19;1-4-13-19(6-3,14-5-2)15-17-20-16-12-18-10-8-7-9-11-18;1-4-7-14-19(6-3,13-5-2)15-16-20-17-18-11-9-8-10-12-18;1-4-12-18(6-3,13-5-2)14-15-19-16-17-10-8-7-9-11-17;1-4-17(5-2,6-3)13-15-18-14-12-16-10-8-7-9-11-16;1-4-16(5-2,6-3)12-13-17-14-15-10-8-7-9-11-15;1-14(2,3)10-12-15-11-9-13-7-5-4-6-8-13;1-13(2,3)9-10-14-11-12-7-5-4-6-8-12/h8-12H,4-7,13-18H2,1-3H3;7-11H,4-6,12-17H2,1-3H3;8-12H,4-7,13-17H2,1-3H3;7-11H,4-6,12-16H2,1-3H3;7-11H,4-6,12-15H2,1-3H3;7-11H,4-6,12-14H2,1-3H3;4-8H,9-12H2,1-3H3;4-8H,9-11H2,1-3H3/q8*+1. The van der Waals surface area contributed by atoms with Crippen molar-refractivity contribution in [2.75, 3.05) is 281 Å². The summed E-state index contributed by atoms with van der Waals surface area (Å²) in [5.74, 6) is 19.8. The van der Waals surface area contributed by atoms with Gasteiger partial charge in [-0.1, -0.05) is 311 Å². The third-order valence-corrected chi connectivity index (χ3v) is 36.8. The Morgan fingerprint density at radius 3 is 0.465 bits per heavy atom. The zero-order valence-electron chi connectivity index (χ0n) is 97.5. The summed E-state index contributed by atoms with van der Waals surface area (Å²) in [4.78, 5) is 0. The third-order valence-electron chi connectivity index (χ3n) is 28.9. The van der Waals surface area contributed by atoms with Crippen LogP contribution in [0.3, 0.4) is 0 Å². The average molecular weight is 2130 g/mol. The molecule has 8 nitrogen and oxygen atoms in total. The van der Waals surface area contributed by atoms with E-state index in [0.29, 0.717) is 0 Å². The van der Waals surface area contributed by atoms with Crippen molar-refractivity contribution in [2.24, 2.45) is 0 Å². The second-order valence-corrected chi connectivity index (χ2v) is 50.9. The van der Waals surface area contributed by atoms with Crippen molar-refractivity contribution in [3.05, 3.63) is 287 Å². The lowest BCUT2D eigenvalue weighted by molar-refractivity contribution is -0.924. The van der Waals surface area contributed by atoms with Gasteiger partial charge in [0.1, 0.15) is 0 Å². The summed E-state index contributed by atoms with van der Waals surface area (Å²) < 4.78 is 9.97. The van der Waals surface area contributed by atoms with Crippen molar-refractivity contribution in [1.82, 2.24) is 0 Å². The highest BCUT2D eigenvalue weighted by Gasteiger charge is 2.28. The third kappa shape index (κ3) is 70.5. The molecular formula is C128H224N8S8+8. The maximum absolute atomic E-state index is 2.37. The van der Waals surface area contributed by atoms with E-state index in [0.717, 1.165) is 32.0 Å². The summed E-state index contributed by atoms with van der Waals surface area (Å²) >= 11 is 16.7. The van der Waals surface area contributed by atoms with Crippen molar-refractivity contribution in [1.29, 1.82) is 0 Å². The van der Waals surface area contributed by atoms with E-state index in [-0.39, 0.29) is 0 Å². The molecule has 0 saturated heterocycles. The Bertz CT molecular complexity index is 4010. The molecule has 0 heterocycles. The average Bonchev–Trinajstić information content (AvgIpc) is 0.890. The first-order valence-corrected chi connectivity index (χ1v) is 66.6. The van der Waals surface area contributed by atoms with Crippen LogP contribution in [0.25, 0.3) is 0 Å². The quantitative estimate of drug-likeness (QED) is 0.0270. The molecule has 144 heavy (non-hydrogen) atoms. The molecular weight excluding hydrogens is 1910 g/mol. The molecule has 0 aliphatic heterocycles. The second kappa shape index (κ2) is 89.7. The number of unbranched alkanes of at least 4 members (excludes halogenated alkanes) is 2. The lowest BCUT2D eigenvalue weighted by Gasteiger charge is -2.38. The highest BCUT2D eigenvalue weighted by molar-refractivity contribution is 8.00. The van der Waals surface area contributed by atoms with Gasteiger partial charge in [-0.25, -0.2) is 0 Å². The van der Waals surface area contributed by atoms with E-state index in [9.17, 15) is 0 Å². The van der Waals surface area contributed by atoms with Gasteiger partial charge in [-0.2, -0.15) is 94.1 Å². The van der Waals surface area contributed by atoms with E-state index in [1.165, 1.54) is 400 Å². The minimum atomic E-state index is 1.06. The molecule has 0 aliphatic rings. The van der Waals surface area contributed by atoms with E-state index >= 15 is 0 Å². The van der Waals surface area contributed by atoms with Gasteiger partial charge in [0.2, 0.25) is 0 Å². The first-order chi connectivity index (χ1) is 69.7. The van der Waals surface area contributed by atoms with Crippen molar-refractivity contribution in [3.8, 4) is 0 Å². The molecule has 0 spiro atoms. The van der Waals surface area contributed by atoms with Gasteiger partial charge in [0.05, 0.1) is 212 Å². The number of hydrogen-bond acceptors (Lipinski definition) is 8. The molecule has 816 valence electrons. The van der Waals surface area contributed by atoms with Crippen molar-refractivity contribution < 1.29 is 35.9 Å². The maximum Gasteiger partial charge on any atom is 0.0878 e. The lowest BCUT2D eigenvalue weighted by Crippen LogP contribution is -2.50. The molecule has 8 aromatic rings. The molecule has 8 aromatic carbocycles. The second-order valence-electron chi connectivity index (χ2n) is 41.6. The van der Waals surface area contributed by atoms with Crippen molar-refractivity contribution in [2.45, 2.75) is 238 Å². The molecule has 0 aliphatic carbocycles. The number of thioether (sulfide) groups is 8. The van der Waals surface area contributed by atoms with Crippen molar-refractivity contribution in [3.63, 3.8) is 0 Å². The van der Waals surface area contributed by atoms with Crippen LogP contribution in [0.5, 0.6) is 0 Å². The number of nitrogens with zero attached hydrogens (tertiary/aromatic N) is 8. The van der Waals surface area contributed by atoms with Crippen LogP contribution in [0.1, 0.15) is 233 Å². The smallest absolute Gasteiger partial charge is 0.0878 e. The van der Waals surface area contributed by atoms with Gasteiger partial charge in [-0.05, 0) is 214 Å². The van der Waals surface area contributed by atoms with E-state index in [2.05, 4.69) is 492 Å². The highest BCUT2D eigenvalue weighted by Crippen LogP contribution is 2.24. The zero-order chi connectivity index (χ0) is 106. The molecule has 8 rings (SSSR count). The summed E-state index contributed by atoms with van der Waals surface area (Å²) in [6.07, 6.45) is 18.1. The summed E-state index contributed by atoms with van der Waals surface area (Å²) in [6.45, 7) is 76.0. The van der Waals surface area contributed by atoms with E-state index < -0.39 is 0 Å². The first kappa shape index (κ1) is 138. The van der Waals surface area contributed by atoms with Crippen LogP contribution in [0.2, 0.25) is 0 Å². The van der Waals surface area contributed by atoms with Gasteiger partial charge in [-0.3, -0.25) is 0 Å². The van der Waals surface area contributed by atoms with Crippen LogP contribution < -0.4 is 0 Å². The minimum absolute atomic E-state index is 1.06. The predicted octanol–water partition coefficient (Wildman–Crippen LogP) is 32.1. The fourth-order valence-electron chi connectivity index (χ4n) is 18.4. The van der Waals surface area contributed by atoms with Crippen LogP contribution in [0.15, 0.2) is 243 Å². The Kier molecular flexibility index (Phi) is 86.1. The topological polar surface area (TPSA) is 0 Å². The van der Waals surface area contributed by atoms with Gasteiger partial charge in [0, 0.05) is 69.0 Å². The number of aryl methyl sites for hydroxylation is 4. The number of hydrogen-bond donors (Lipinski definition) is 0. The largest absolute Gasteiger partial charge is 0.330 e. The van der Waals surface area contributed by atoms with Gasteiger partial charge >= 0.3 is 0 Å². The van der Waals surface area contributed by atoms with Crippen LogP contribution in [-0.4, -0.2) is 317 Å². The Morgan fingerprint density at radius 2 is 0.299 bits per heavy atom. The number of benzene rings is 8. The van der Waals surface area contributed by atoms with Gasteiger partial charge in [0.15, 0.2) is 0 Å². The SMILES string of the molecule is CCCC[N+](CC)(CCC)CCSCCc1ccccc1.CCCC[N+](CC)(CCC)CCSCc1ccccc1.CCC[N+](CC)(CCC)CCSCCc1ccccc1.CCC[N+](CC)(CCC)CCSCc1ccccc1.CC[N+](CC)(CC)CCSCCc1ccccc1.CC[N+](CC)(CC)CCSCc1ccccc1.C[N+](C)(C)CCSCCc1ccccc1.C[N+](C)(C)CCSCc1ccccc1.